The summed E-state index contributed by atoms with van der Waals surface area (Å²) in [4.78, 5) is 17.8. The summed E-state index contributed by atoms with van der Waals surface area (Å²) in [5, 5.41) is 4.00. The van der Waals surface area contributed by atoms with Gasteiger partial charge in [-0.1, -0.05) is 42.0 Å². The highest BCUT2D eigenvalue weighted by molar-refractivity contribution is 7.94. The van der Waals surface area contributed by atoms with Gasteiger partial charge < -0.3 is 9.72 Å². The summed E-state index contributed by atoms with van der Waals surface area (Å²) in [7, 11) is -3.43. The number of carbonyl (C=O) groups excluding carboxylic acids is 1. The van der Waals surface area contributed by atoms with Gasteiger partial charge in [-0.25, -0.2) is 13.4 Å². The number of carbonyl (C=O) groups is 1. The molecule has 0 unspecified atom stereocenters. The van der Waals surface area contributed by atoms with Crippen molar-refractivity contribution in [1.29, 1.82) is 0 Å². The normalized spacial score (nSPS) is 14.0. The predicted molar refractivity (Wildman–Crippen MR) is 120 cm³/mol. The average molecular weight is 430 g/mol. The molecule has 2 aromatic heterocycles. The summed E-state index contributed by atoms with van der Waals surface area (Å²) < 4.78 is 26.1. The number of aromatic nitrogens is 2. The first-order valence-corrected chi connectivity index (χ1v) is 11.4. The van der Waals surface area contributed by atoms with Crippen molar-refractivity contribution in [3.05, 3.63) is 89.1 Å². The lowest BCUT2D eigenvalue weighted by Gasteiger charge is -2.09. The van der Waals surface area contributed by atoms with Gasteiger partial charge in [-0.05, 0) is 42.8 Å². The summed E-state index contributed by atoms with van der Waals surface area (Å²) in [6, 6.07) is 18.6. The summed E-state index contributed by atoms with van der Waals surface area (Å²) in [6.07, 6.45) is 3.54. The summed E-state index contributed by atoms with van der Waals surface area (Å²) in [5.41, 5.74) is 5.44. The topological polar surface area (TPSA) is 80.5 Å². The van der Waals surface area contributed by atoms with Crippen molar-refractivity contribution in [1.82, 2.24) is 9.38 Å². The summed E-state index contributed by atoms with van der Waals surface area (Å²) >= 11 is 0. The van der Waals surface area contributed by atoms with E-state index in [1.165, 1.54) is 11.5 Å². The van der Waals surface area contributed by atoms with E-state index in [-0.39, 0.29) is 17.2 Å². The van der Waals surface area contributed by atoms with E-state index in [2.05, 4.69) is 5.32 Å². The standard InChI is InChI=1S/C24H19N3O3S/c1-16-5-7-18(8-6-16)24-20(27-12-3-2-4-22(27)26-24)15-23(28)25-19-10-9-17-11-13-31(29,30)21(17)14-19/h2-14H,15H2,1H3,(H,25,28). The Balaban J connectivity index is 1.47. The van der Waals surface area contributed by atoms with E-state index >= 15 is 0 Å². The van der Waals surface area contributed by atoms with Gasteiger partial charge in [-0.2, -0.15) is 0 Å². The van der Waals surface area contributed by atoms with Crippen LogP contribution in [0.3, 0.4) is 0 Å². The van der Waals surface area contributed by atoms with E-state index in [1.807, 2.05) is 60.0 Å². The van der Waals surface area contributed by atoms with Crippen LogP contribution < -0.4 is 5.32 Å². The molecule has 2 aromatic carbocycles. The lowest BCUT2D eigenvalue weighted by atomic mass is 10.1. The molecule has 0 radical (unpaired) electrons. The molecule has 0 saturated carbocycles. The minimum Gasteiger partial charge on any atom is -0.326 e. The number of rotatable bonds is 4. The zero-order chi connectivity index (χ0) is 21.6. The van der Waals surface area contributed by atoms with E-state index < -0.39 is 9.84 Å². The number of nitrogens with zero attached hydrogens (tertiary/aromatic N) is 2. The molecule has 0 spiro atoms. The minimum atomic E-state index is -3.43. The maximum Gasteiger partial charge on any atom is 0.230 e. The van der Waals surface area contributed by atoms with E-state index in [4.69, 9.17) is 4.98 Å². The molecule has 31 heavy (non-hydrogen) atoms. The van der Waals surface area contributed by atoms with Gasteiger partial charge in [-0.3, -0.25) is 4.79 Å². The fourth-order valence-electron chi connectivity index (χ4n) is 3.75. The number of imidazole rings is 1. The van der Waals surface area contributed by atoms with E-state index in [9.17, 15) is 13.2 Å². The molecule has 7 heteroatoms. The number of anilines is 1. The third-order valence-electron chi connectivity index (χ3n) is 5.31. The van der Waals surface area contributed by atoms with Crippen molar-refractivity contribution in [2.24, 2.45) is 0 Å². The number of nitrogens with one attached hydrogen (secondary N) is 1. The van der Waals surface area contributed by atoms with Gasteiger partial charge in [-0.15, -0.1) is 0 Å². The summed E-state index contributed by atoms with van der Waals surface area (Å²) in [6.45, 7) is 2.02. The number of pyridine rings is 1. The van der Waals surface area contributed by atoms with Gasteiger partial charge in [0.2, 0.25) is 15.7 Å². The fourth-order valence-corrected chi connectivity index (χ4v) is 4.98. The highest BCUT2D eigenvalue weighted by Gasteiger charge is 2.22. The van der Waals surface area contributed by atoms with E-state index in [0.29, 0.717) is 11.3 Å². The molecule has 0 fully saturated rings. The number of fused-ring (bicyclic) bond motifs is 2. The Labute approximate surface area is 179 Å². The second-order valence-corrected chi connectivity index (χ2v) is 9.33. The first-order chi connectivity index (χ1) is 14.9. The molecular formula is C24H19N3O3S. The molecule has 0 atom stereocenters. The Morgan fingerprint density at radius 1 is 1.06 bits per heavy atom. The third-order valence-corrected chi connectivity index (χ3v) is 6.77. The van der Waals surface area contributed by atoms with Crippen LogP contribution in [0.1, 0.15) is 16.8 Å². The van der Waals surface area contributed by atoms with Crippen molar-refractivity contribution in [3.8, 4) is 11.3 Å². The van der Waals surface area contributed by atoms with Crippen LogP contribution in [0.5, 0.6) is 0 Å². The highest BCUT2D eigenvalue weighted by Crippen LogP contribution is 2.30. The Kier molecular flexibility index (Phi) is 4.48. The molecule has 4 aromatic rings. The maximum atomic E-state index is 12.9. The van der Waals surface area contributed by atoms with Gasteiger partial charge in [0, 0.05) is 22.9 Å². The monoisotopic (exact) mass is 429 g/mol. The minimum absolute atomic E-state index is 0.0937. The first-order valence-electron chi connectivity index (χ1n) is 9.81. The van der Waals surface area contributed by atoms with Gasteiger partial charge in [0.1, 0.15) is 5.65 Å². The second kappa shape index (κ2) is 7.21. The van der Waals surface area contributed by atoms with Crippen molar-refractivity contribution >= 4 is 33.2 Å². The largest absolute Gasteiger partial charge is 0.326 e. The van der Waals surface area contributed by atoms with Crippen molar-refractivity contribution < 1.29 is 13.2 Å². The van der Waals surface area contributed by atoms with Crippen LogP contribution >= 0.6 is 0 Å². The van der Waals surface area contributed by atoms with Gasteiger partial charge in [0.05, 0.1) is 22.7 Å². The number of amides is 1. The predicted octanol–water partition coefficient (Wildman–Crippen LogP) is 4.25. The Hall–Kier alpha value is -3.71. The lowest BCUT2D eigenvalue weighted by molar-refractivity contribution is -0.115. The molecule has 1 amide bonds. The van der Waals surface area contributed by atoms with Crippen LogP contribution in [-0.4, -0.2) is 23.7 Å². The zero-order valence-electron chi connectivity index (χ0n) is 16.7. The molecule has 0 aliphatic carbocycles. The van der Waals surface area contributed by atoms with Crippen LogP contribution in [0.2, 0.25) is 0 Å². The number of aryl methyl sites for hydroxylation is 1. The number of hydrogen-bond acceptors (Lipinski definition) is 4. The smallest absolute Gasteiger partial charge is 0.230 e. The molecule has 1 N–H and O–H groups in total. The third kappa shape index (κ3) is 3.53. The highest BCUT2D eigenvalue weighted by atomic mass is 32.2. The molecule has 0 bridgehead atoms. The van der Waals surface area contributed by atoms with Crippen LogP contribution in [0.25, 0.3) is 23.0 Å². The number of sulfone groups is 1. The van der Waals surface area contributed by atoms with Gasteiger partial charge >= 0.3 is 0 Å². The van der Waals surface area contributed by atoms with E-state index in [0.717, 1.165) is 28.2 Å². The van der Waals surface area contributed by atoms with Crippen LogP contribution in [0, 0.1) is 6.92 Å². The van der Waals surface area contributed by atoms with Crippen molar-refractivity contribution in [2.45, 2.75) is 18.2 Å². The second-order valence-electron chi connectivity index (χ2n) is 7.53. The molecule has 1 aliphatic heterocycles. The van der Waals surface area contributed by atoms with Crippen LogP contribution in [0.4, 0.5) is 5.69 Å². The lowest BCUT2D eigenvalue weighted by Crippen LogP contribution is -2.16. The zero-order valence-corrected chi connectivity index (χ0v) is 17.6. The van der Waals surface area contributed by atoms with Crippen LogP contribution in [0.15, 0.2) is 77.2 Å². The fraction of sp³-hybridized carbons (Fsp3) is 0.0833. The van der Waals surface area contributed by atoms with Crippen LogP contribution in [-0.2, 0) is 21.1 Å². The summed E-state index contributed by atoms with van der Waals surface area (Å²) in [5.74, 6) is -0.248. The molecule has 5 rings (SSSR count). The Morgan fingerprint density at radius 3 is 2.68 bits per heavy atom. The molecule has 6 nitrogen and oxygen atoms in total. The molecule has 154 valence electrons. The number of hydrogen-bond donors (Lipinski definition) is 1. The molecule has 3 heterocycles. The van der Waals surface area contributed by atoms with Gasteiger partial charge in [0.25, 0.3) is 0 Å². The van der Waals surface area contributed by atoms with Crippen molar-refractivity contribution in [2.75, 3.05) is 5.32 Å². The molecule has 0 saturated heterocycles. The first kappa shape index (κ1) is 19.3. The average Bonchev–Trinajstić information content (AvgIpc) is 3.26. The Morgan fingerprint density at radius 2 is 1.87 bits per heavy atom. The Bertz CT molecular complexity index is 1470. The molecule has 1 aliphatic rings. The van der Waals surface area contributed by atoms with Crippen molar-refractivity contribution in [3.63, 3.8) is 0 Å². The van der Waals surface area contributed by atoms with E-state index in [1.54, 1.807) is 18.2 Å². The quantitative estimate of drug-likeness (QED) is 0.526. The van der Waals surface area contributed by atoms with Gasteiger partial charge in [0.15, 0.2) is 0 Å². The molecular weight excluding hydrogens is 410 g/mol. The number of benzene rings is 2. The maximum absolute atomic E-state index is 12.9. The SMILES string of the molecule is Cc1ccc(-c2nc3ccccn3c2CC(=O)Nc2ccc3c(c2)S(=O)(=O)C=C3)cc1.